The molecule has 0 bridgehead atoms. The largest absolute Gasteiger partial charge is 0.483 e. The number of halogens is 2. The van der Waals surface area contributed by atoms with Crippen molar-refractivity contribution in [3.63, 3.8) is 0 Å². The SMILES string of the molecule is C=CCOc1cc2ncnc(Nc3ccc(F)c(Cl)c3)c2cc1[N+](=O)[O-]. The lowest BCUT2D eigenvalue weighted by atomic mass is 10.2. The minimum absolute atomic E-state index is 0.0561. The van der Waals surface area contributed by atoms with Crippen molar-refractivity contribution in [3.8, 4) is 5.75 Å². The topological polar surface area (TPSA) is 90.2 Å². The lowest BCUT2D eigenvalue weighted by Gasteiger charge is -2.10. The number of nitrogens with zero attached hydrogens (tertiary/aromatic N) is 3. The summed E-state index contributed by atoms with van der Waals surface area (Å²) in [6.45, 7) is 3.64. The first-order valence-corrected chi connectivity index (χ1v) is 7.76. The fraction of sp³-hybridized carbons (Fsp3) is 0.0588. The molecule has 1 N–H and O–H groups in total. The van der Waals surface area contributed by atoms with Crippen molar-refractivity contribution in [3.05, 3.63) is 70.3 Å². The zero-order chi connectivity index (χ0) is 18.7. The number of nitro benzene ring substituents is 1. The molecule has 2 aromatic carbocycles. The third-order valence-electron chi connectivity index (χ3n) is 3.45. The van der Waals surface area contributed by atoms with Gasteiger partial charge in [0, 0.05) is 17.8 Å². The second-order valence-corrected chi connectivity index (χ2v) is 5.58. The molecule has 0 spiro atoms. The Labute approximate surface area is 152 Å². The molecule has 26 heavy (non-hydrogen) atoms. The summed E-state index contributed by atoms with van der Waals surface area (Å²) in [5.74, 6) is -0.155. The minimum atomic E-state index is -0.552. The molecule has 0 radical (unpaired) electrons. The monoisotopic (exact) mass is 374 g/mol. The highest BCUT2D eigenvalue weighted by Gasteiger charge is 2.19. The van der Waals surface area contributed by atoms with Crippen molar-refractivity contribution in [2.45, 2.75) is 0 Å². The van der Waals surface area contributed by atoms with Crippen molar-refractivity contribution >= 4 is 39.7 Å². The first-order valence-electron chi connectivity index (χ1n) is 7.38. The first-order chi connectivity index (χ1) is 12.5. The number of fused-ring (bicyclic) bond motifs is 1. The maximum Gasteiger partial charge on any atom is 0.311 e. The molecule has 9 heteroatoms. The van der Waals surface area contributed by atoms with Gasteiger partial charge in [-0.25, -0.2) is 14.4 Å². The number of rotatable bonds is 6. The first kappa shape index (κ1) is 17.6. The molecule has 0 aliphatic carbocycles. The number of anilines is 2. The van der Waals surface area contributed by atoms with Crippen LogP contribution in [0.3, 0.4) is 0 Å². The highest BCUT2D eigenvalue weighted by Crippen LogP contribution is 2.34. The van der Waals surface area contributed by atoms with E-state index in [0.717, 1.165) is 0 Å². The summed E-state index contributed by atoms with van der Waals surface area (Å²) in [4.78, 5) is 19.0. The van der Waals surface area contributed by atoms with E-state index in [9.17, 15) is 14.5 Å². The summed E-state index contributed by atoms with van der Waals surface area (Å²) >= 11 is 5.77. The van der Waals surface area contributed by atoms with Crippen molar-refractivity contribution in [1.82, 2.24) is 9.97 Å². The Balaban J connectivity index is 2.08. The molecule has 0 saturated heterocycles. The van der Waals surface area contributed by atoms with Gasteiger partial charge in [0.05, 0.1) is 20.8 Å². The quantitative estimate of drug-likeness (QED) is 0.384. The Hall–Kier alpha value is -3.26. The second kappa shape index (κ2) is 7.32. The van der Waals surface area contributed by atoms with Crippen LogP contribution >= 0.6 is 11.6 Å². The van der Waals surface area contributed by atoms with Crippen molar-refractivity contribution in [2.75, 3.05) is 11.9 Å². The highest BCUT2D eigenvalue weighted by molar-refractivity contribution is 6.31. The molecule has 0 aliphatic heterocycles. The third-order valence-corrected chi connectivity index (χ3v) is 3.74. The van der Waals surface area contributed by atoms with Gasteiger partial charge in [0.1, 0.15) is 24.6 Å². The van der Waals surface area contributed by atoms with Crippen molar-refractivity contribution in [2.24, 2.45) is 0 Å². The fourth-order valence-electron chi connectivity index (χ4n) is 2.29. The van der Waals surface area contributed by atoms with E-state index in [1.165, 1.54) is 42.7 Å². The number of benzene rings is 2. The number of hydrogen-bond donors (Lipinski definition) is 1. The van der Waals surface area contributed by atoms with Gasteiger partial charge in [-0.05, 0) is 18.2 Å². The van der Waals surface area contributed by atoms with Crippen LogP contribution in [0.2, 0.25) is 5.02 Å². The Morgan fingerprint density at radius 2 is 2.15 bits per heavy atom. The predicted octanol–water partition coefficient (Wildman–Crippen LogP) is 4.64. The summed E-state index contributed by atoms with van der Waals surface area (Å²) in [5, 5.41) is 14.7. The molecular weight excluding hydrogens is 363 g/mol. The molecule has 132 valence electrons. The number of nitro groups is 1. The van der Waals surface area contributed by atoms with Gasteiger partial charge < -0.3 is 10.1 Å². The molecule has 7 nitrogen and oxygen atoms in total. The number of ether oxygens (including phenoxy) is 1. The summed E-state index contributed by atoms with van der Waals surface area (Å²) in [5.41, 5.74) is 0.695. The lowest BCUT2D eigenvalue weighted by Crippen LogP contribution is -2.01. The smallest absolute Gasteiger partial charge is 0.311 e. The van der Waals surface area contributed by atoms with E-state index in [2.05, 4.69) is 21.9 Å². The molecule has 0 saturated carbocycles. The zero-order valence-corrected chi connectivity index (χ0v) is 14.0. The molecule has 3 aromatic rings. The van der Waals surface area contributed by atoms with Crippen LogP contribution < -0.4 is 10.1 Å². The molecule has 0 aliphatic rings. The zero-order valence-electron chi connectivity index (χ0n) is 13.3. The summed E-state index contributed by atoms with van der Waals surface area (Å²) in [6.07, 6.45) is 2.79. The van der Waals surface area contributed by atoms with Gasteiger partial charge in [0.25, 0.3) is 0 Å². The minimum Gasteiger partial charge on any atom is -0.483 e. The summed E-state index contributed by atoms with van der Waals surface area (Å²) < 4.78 is 18.6. The van der Waals surface area contributed by atoms with Crippen LogP contribution in [0, 0.1) is 15.9 Å². The Morgan fingerprint density at radius 3 is 2.85 bits per heavy atom. The van der Waals surface area contributed by atoms with Crippen LogP contribution in [0.25, 0.3) is 10.9 Å². The average molecular weight is 375 g/mol. The molecule has 1 heterocycles. The standard InChI is InChI=1S/C17H12ClFN4O3/c1-2-5-26-16-8-14-11(7-15(16)23(24)25)17(21-9-20-14)22-10-3-4-13(19)12(18)6-10/h2-4,6-9H,1,5H2,(H,20,21,22). The van der Waals surface area contributed by atoms with Crippen LogP contribution in [-0.2, 0) is 0 Å². The maximum atomic E-state index is 13.3. The highest BCUT2D eigenvalue weighted by atomic mass is 35.5. The van der Waals surface area contributed by atoms with Gasteiger partial charge in [0.2, 0.25) is 0 Å². The van der Waals surface area contributed by atoms with Crippen LogP contribution in [0.4, 0.5) is 21.6 Å². The fourth-order valence-corrected chi connectivity index (χ4v) is 2.47. The molecular formula is C17H12ClFN4O3. The van der Waals surface area contributed by atoms with E-state index in [0.29, 0.717) is 22.4 Å². The number of hydrogen-bond acceptors (Lipinski definition) is 6. The molecule has 0 amide bonds. The third kappa shape index (κ3) is 3.55. The molecule has 1 aromatic heterocycles. The second-order valence-electron chi connectivity index (χ2n) is 5.17. The normalized spacial score (nSPS) is 10.5. The Kier molecular flexibility index (Phi) is 4.94. The van der Waals surface area contributed by atoms with Crippen molar-refractivity contribution in [1.29, 1.82) is 0 Å². The van der Waals surface area contributed by atoms with Gasteiger partial charge in [-0.15, -0.1) is 0 Å². The molecule has 0 unspecified atom stereocenters. The van der Waals surface area contributed by atoms with Crippen LogP contribution in [0.1, 0.15) is 0 Å². The number of aromatic nitrogens is 2. The summed E-state index contributed by atoms with van der Waals surface area (Å²) in [6, 6.07) is 6.85. The molecule has 0 fully saturated rings. The van der Waals surface area contributed by atoms with E-state index in [-0.39, 0.29) is 23.1 Å². The van der Waals surface area contributed by atoms with Gasteiger partial charge >= 0.3 is 5.69 Å². The van der Waals surface area contributed by atoms with Gasteiger partial charge in [-0.1, -0.05) is 24.3 Å². The Bertz CT molecular complexity index is 1010. The number of nitrogens with one attached hydrogen (secondary N) is 1. The van der Waals surface area contributed by atoms with Gasteiger partial charge in [-0.3, -0.25) is 10.1 Å². The van der Waals surface area contributed by atoms with E-state index in [4.69, 9.17) is 16.3 Å². The van der Waals surface area contributed by atoms with E-state index >= 15 is 0 Å². The van der Waals surface area contributed by atoms with Crippen LogP contribution in [0.5, 0.6) is 5.75 Å². The predicted molar refractivity (Wildman–Crippen MR) is 96.6 cm³/mol. The summed E-state index contributed by atoms with van der Waals surface area (Å²) in [7, 11) is 0. The van der Waals surface area contributed by atoms with Gasteiger partial charge in [0.15, 0.2) is 5.75 Å². The van der Waals surface area contributed by atoms with E-state index < -0.39 is 10.7 Å². The van der Waals surface area contributed by atoms with Crippen LogP contribution in [0.15, 0.2) is 49.3 Å². The van der Waals surface area contributed by atoms with E-state index in [1.54, 1.807) is 0 Å². The lowest BCUT2D eigenvalue weighted by molar-refractivity contribution is -0.385. The molecule has 3 rings (SSSR count). The Morgan fingerprint density at radius 1 is 1.35 bits per heavy atom. The average Bonchev–Trinajstić information content (AvgIpc) is 2.62. The van der Waals surface area contributed by atoms with E-state index in [1.807, 2.05) is 0 Å². The van der Waals surface area contributed by atoms with Crippen molar-refractivity contribution < 1.29 is 14.1 Å². The van der Waals surface area contributed by atoms with Gasteiger partial charge in [-0.2, -0.15) is 0 Å². The molecule has 0 atom stereocenters. The maximum absolute atomic E-state index is 13.3. The van der Waals surface area contributed by atoms with Crippen LogP contribution in [-0.4, -0.2) is 21.5 Å².